The smallest absolute Gasteiger partial charge is 0.304 e. The van der Waals surface area contributed by atoms with Crippen molar-refractivity contribution in [2.24, 2.45) is 11.8 Å². The summed E-state index contributed by atoms with van der Waals surface area (Å²) in [6.07, 6.45) is 8.91. The molecule has 1 aromatic carbocycles. The zero-order chi connectivity index (χ0) is 27.1. The van der Waals surface area contributed by atoms with Crippen LogP contribution in [0.15, 0.2) is 41.9 Å². The number of thiazole rings is 1. The zero-order valence-corrected chi connectivity index (χ0v) is 22.8. The number of amides is 2. The van der Waals surface area contributed by atoms with Crippen LogP contribution in [0.25, 0.3) is 22.4 Å². The summed E-state index contributed by atoms with van der Waals surface area (Å²) in [5.41, 5.74) is 5.14. The van der Waals surface area contributed by atoms with Gasteiger partial charge in [-0.3, -0.25) is 24.3 Å². The van der Waals surface area contributed by atoms with E-state index in [1.807, 2.05) is 35.7 Å². The van der Waals surface area contributed by atoms with Gasteiger partial charge in [0, 0.05) is 41.7 Å². The average molecular weight is 545 g/mol. The van der Waals surface area contributed by atoms with Gasteiger partial charge in [0.1, 0.15) is 0 Å². The number of hydrogen-bond donors (Lipinski definition) is 1. The van der Waals surface area contributed by atoms with E-state index in [1.165, 1.54) is 11.3 Å². The van der Waals surface area contributed by atoms with Gasteiger partial charge in [-0.25, -0.2) is 4.98 Å². The highest BCUT2D eigenvalue weighted by Gasteiger charge is 2.40. The molecule has 202 valence electrons. The third kappa shape index (κ3) is 5.20. The van der Waals surface area contributed by atoms with Gasteiger partial charge in [-0.1, -0.05) is 49.9 Å². The summed E-state index contributed by atoms with van der Waals surface area (Å²) in [4.78, 5) is 50.6. The first-order chi connectivity index (χ1) is 18.9. The number of likely N-dealkylation sites (N-methyl/N-ethyl adjacent to an activating group) is 1. The quantitative estimate of drug-likeness (QED) is 0.378. The summed E-state index contributed by atoms with van der Waals surface area (Å²) in [5, 5.41) is 12.2. The summed E-state index contributed by atoms with van der Waals surface area (Å²) >= 11 is 1.43. The van der Waals surface area contributed by atoms with Crippen LogP contribution in [0.2, 0.25) is 0 Å². The predicted octanol–water partition coefficient (Wildman–Crippen LogP) is 5.56. The van der Waals surface area contributed by atoms with E-state index in [0.29, 0.717) is 23.9 Å². The SMILES string of the molecule is CN1C(=O)Cc2ncc(-c3ccccc3-c3csc(N(C(=O)[C@@H](CC(=O)O)CC4CCCC4)C4CC4)n3)cc21. The van der Waals surface area contributed by atoms with E-state index < -0.39 is 11.9 Å². The largest absolute Gasteiger partial charge is 0.481 e. The molecule has 2 saturated carbocycles. The maximum atomic E-state index is 13.8. The fourth-order valence-corrected chi connectivity index (χ4v) is 6.90. The number of carbonyl (C=O) groups excluding carboxylic acids is 2. The number of pyridine rings is 1. The van der Waals surface area contributed by atoms with E-state index in [4.69, 9.17) is 4.98 Å². The van der Waals surface area contributed by atoms with Crippen LogP contribution in [-0.4, -0.2) is 45.9 Å². The van der Waals surface area contributed by atoms with Crippen molar-refractivity contribution in [1.29, 1.82) is 0 Å². The molecular formula is C30H32N4O4S. The molecule has 0 unspecified atom stereocenters. The van der Waals surface area contributed by atoms with E-state index in [1.54, 1.807) is 23.0 Å². The number of carbonyl (C=O) groups is 3. The number of hydrogen-bond acceptors (Lipinski definition) is 6. The Balaban J connectivity index is 1.30. The van der Waals surface area contributed by atoms with Gasteiger partial charge in [-0.2, -0.15) is 0 Å². The Labute approximate surface area is 231 Å². The summed E-state index contributed by atoms with van der Waals surface area (Å²) < 4.78 is 0. The first-order valence-electron chi connectivity index (χ1n) is 13.7. The molecule has 1 N–H and O–H groups in total. The first kappa shape index (κ1) is 25.7. The molecule has 3 aliphatic rings. The van der Waals surface area contributed by atoms with Gasteiger partial charge in [0.2, 0.25) is 11.8 Å². The summed E-state index contributed by atoms with van der Waals surface area (Å²) in [7, 11) is 1.77. The van der Waals surface area contributed by atoms with E-state index in [0.717, 1.165) is 72.3 Å². The lowest BCUT2D eigenvalue weighted by atomic mass is 9.90. The molecule has 0 radical (unpaired) electrons. The van der Waals surface area contributed by atoms with Gasteiger partial charge in [0.25, 0.3) is 0 Å². The van der Waals surface area contributed by atoms with Gasteiger partial charge < -0.3 is 10.0 Å². The number of nitrogens with zero attached hydrogens (tertiary/aromatic N) is 4. The fourth-order valence-electron chi connectivity index (χ4n) is 6.00. The summed E-state index contributed by atoms with van der Waals surface area (Å²) in [6, 6.07) is 10.0. The van der Waals surface area contributed by atoms with Crippen molar-refractivity contribution in [2.45, 2.75) is 63.8 Å². The number of aromatic nitrogens is 2. The molecule has 6 rings (SSSR count). The van der Waals surface area contributed by atoms with Crippen molar-refractivity contribution in [1.82, 2.24) is 9.97 Å². The van der Waals surface area contributed by atoms with E-state index >= 15 is 0 Å². The Kier molecular flexibility index (Phi) is 6.93. The monoisotopic (exact) mass is 544 g/mol. The third-order valence-electron chi connectivity index (χ3n) is 8.23. The molecule has 2 aliphatic carbocycles. The van der Waals surface area contributed by atoms with Crippen LogP contribution >= 0.6 is 11.3 Å². The third-order valence-corrected chi connectivity index (χ3v) is 9.07. The van der Waals surface area contributed by atoms with Crippen LogP contribution in [0.3, 0.4) is 0 Å². The van der Waals surface area contributed by atoms with Gasteiger partial charge in [0.15, 0.2) is 5.13 Å². The van der Waals surface area contributed by atoms with E-state index in [2.05, 4.69) is 4.98 Å². The number of carboxylic acid groups (broad SMARTS) is 1. The number of anilines is 2. The van der Waals surface area contributed by atoms with Gasteiger partial charge in [0.05, 0.1) is 29.9 Å². The Morgan fingerprint density at radius 3 is 2.62 bits per heavy atom. The molecule has 9 heteroatoms. The highest BCUT2D eigenvalue weighted by atomic mass is 32.1. The minimum atomic E-state index is -0.925. The molecule has 39 heavy (non-hydrogen) atoms. The first-order valence-corrected chi connectivity index (χ1v) is 14.6. The van der Waals surface area contributed by atoms with Gasteiger partial charge >= 0.3 is 5.97 Å². The Hall–Kier alpha value is -3.59. The molecule has 0 bridgehead atoms. The molecule has 8 nitrogen and oxygen atoms in total. The Morgan fingerprint density at radius 2 is 1.90 bits per heavy atom. The highest BCUT2D eigenvalue weighted by molar-refractivity contribution is 7.14. The maximum absolute atomic E-state index is 13.8. The fraction of sp³-hybridized carbons (Fsp3) is 0.433. The molecule has 0 spiro atoms. The van der Waals surface area contributed by atoms with Crippen molar-refractivity contribution >= 4 is 39.9 Å². The van der Waals surface area contributed by atoms with Crippen LogP contribution in [0.1, 0.15) is 57.1 Å². The summed E-state index contributed by atoms with van der Waals surface area (Å²) in [5.74, 6) is -1.09. The second-order valence-corrected chi connectivity index (χ2v) is 11.8. The number of aliphatic carboxylic acids is 1. The molecule has 3 heterocycles. The molecule has 2 fully saturated rings. The van der Waals surface area contributed by atoms with E-state index in [9.17, 15) is 19.5 Å². The lowest BCUT2D eigenvalue weighted by molar-refractivity contribution is -0.141. The molecule has 0 saturated heterocycles. The van der Waals surface area contributed by atoms with Crippen LogP contribution in [-0.2, 0) is 20.8 Å². The van der Waals surface area contributed by atoms with Crippen molar-refractivity contribution in [3.63, 3.8) is 0 Å². The van der Waals surface area contributed by atoms with Crippen LogP contribution < -0.4 is 9.80 Å². The van der Waals surface area contributed by atoms with Crippen LogP contribution in [0.5, 0.6) is 0 Å². The minimum Gasteiger partial charge on any atom is -0.481 e. The van der Waals surface area contributed by atoms with Crippen molar-refractivity contribution in [2.75, 3.05) is 16.8 Å². The lowest BCUT2D eigenvalue weighted by Gasteiger charge is -2.26. The second kappa shape index (κ2) is 10.5. The number of fused-ring (bicyclic) bond motifs is 1. The van der Waals surface area contributed by atoms with Crippen LogP contribution in [0, 0.1) is 11.8 Å². The molecular weight excluding hydrogens is 512 g/mol. The van der Waals surface area contributed by atoms with Crippen molar-refractivity contribution in [3.05, 3.63) is 47.6 Å². The Morgan fingerprint density at radius 1 is 1.15 bits per heavy atom. The zero-order valence-electron chi connectivity index (χ0n) is 22.0. The second-order valence-electron chi connectivity index (χ2n) is 11.0. The van der Waals surface area contributed by atoms with Crippen molar-refractivity contribution < 1.29 is 19.5 Å². The average Bonchev–Trinajstić information content (AvgIpc) is 3.29. The highest BCUT2D eigenvalue weighted by Crippen LogP contribution is 2.41. The van der Waals surface area contributed by atoms with E-state index in [-0.39, 0.29) is 24.3 Å². The topological polar surface area (TPSA) is 104 Å². The molecule has 1 aliphatic heterocycles. The number of benzene rings is 1. The molecule has 1 atom stereocenters. The number of rotatable bonds is 9. The number of carboxylic acids is 1. The molecule has 2 amide bonds. The van der Waals surface area contributed by atoms with Gasteiger partial charge in [-0.05, 0) is 36.8 Å². The van der Waals surface area contributed by atoms with Crippen LogP contribution in [0.4, 0.5) is 10.8 Å². The van der Waals surface area contributed by atoms with Gasteiger partial charge in [-0.15, -0.1) is 11.3 Å². The minimum absolute atomic E-state index is 0.0334. The maximum Gasteiger partial charge on any atom is 0.304 e. The standard InChI is InChI=1S/C30H32N4O4S/c1-33-26-13-20(16-31-24(26)15-27(33)35)22-8-4-5-9-23(22)25-17-39-30(32-25)34(21-10-11-21)29(38)19(14-28(36)37)12-18-6-2-3-7-18/h4-5,8-9,13,16-19,21H,2-3,6-7,10-12,14-15H2,1H3,(H,36,37)/t19-/m1/s1. The molecule has 3 aromatic rings. The normalized spacial score (nSPS) is 17.9. The summed E-state index contributed by atoms with van der Waals surface area (Å²) in [6.45, 7) is 0. The molecule has 2 aromatic heterocycles. The lowest BCUT2D eigenvalue weighted by Crippen LogP contribution is -2.39. The predicted molar refractivity (Wildman–Crippen MR) is 151 cm³/mol. The van der Waals surface area contributed by atoms with Crippen molar-refractivity contribution in [3.8, 4) is 22.4 Å². The Bertz CT molecular complexity index is 1430.